The maximum atomic E-state index is 14.8. The molecule has 3 aromatic rings. The van der Waals surface area contributed by atoms with Crippen molar-refractivity contribution in [1.82, 2.24) is 30.2 Å². The summed E-state index contributed by atoms with van der Waals surface area (Å²) in [5, 5.41) is 5.62. The second-order valence-corrected chi connectivity index (χ2v) is 15.6. The average Bonchev–Trinajstić information content (AvgIpc) is 3.23. The van der Waals surface area contributed by atoms with Gasteiger partial charge in [-0.3, -0.25) is 28.8 Å². The summed E-state index contributed by atoms with van der Waals surface area (Å²) in [5.74, 6) is -1.56. The van der Waals surface area contributed by atoms with Crippen LogP contribution in [0.4, 0.5) is 0 Å². The Bertz CT molecular complexity index is 2110. The largest absolute Gasteiger partial charge is 0.497 e. The molecule has 0 aliphatic carbocycles. The van der Waals surface area contributed by atoms with Gasteiger partial charge in [-0.05, 0) is 80.8 Å². The number of hydrogen-bond acceptors (Lipinski definition) is 9. The van der Waals surface area contributed by atoms with Crippen molar-refractivity contribution in [2.45, 2.75) is 83.2 Å². The smallest absolute Gasteiger partial charge is 0.246 e. The summed E-state index contributed by atoms with van der Waals surface area (Å²) in [6, 6.07) is 12.4. The molecule has 15 nitrogen and oxygen atoms in total. The Labute approximate surface area is 351 Å². The Hall–Kier alpha value is -6.38. The van der Waals surface area contributed by atoms with Crippen molar-refractivity contribution in [1.29, 1.82) is 0 Å². The third kappa shape index (κ3) is 10.1. The molecule has 3 aliphatic rings. The van der Waals surface area contributed by atoms with Crippen LogP contribution < -0.4 is 24.8 Å². The van der Waals surface area contributed by atoms with Crippen LogP contribution in [0.2, 0.25) is 0 Å². The van der Waals surface area contributed by atoms with Crippen LogP contribution in [-0.4, -0.2) is 133 Å². The molecular weight excluding hydrogens is 769 g/mol. The topological polar surface area (TPSA) is 167 Å². The summed E-state index contributed by atoms with van der Waals surface area (Å²) in [6.45, 7) is 10.2. The van der Waals surface area contributed by atoms with Crippen molar-refractivity contribution in [3.63, 3.8) is 0 Å². The normalized spacial score (nSPS) is 23.6. The lowest BCUT2D eigenvalue weighted by molar-refractivity contribution is -0.151. The molecule has 3 aliphatic heterocycles. The second-order valence-electron chi connectivity index (χ2n) is 15.6. The van der Waals surface area contributed by atoms with E-state index in [1.54, 1.807) is 80.6 Å². The molecule has 6 bridgehead atoms. The van der Waals surface area contributed by atoms with Gasteiger partial charge in [-0.2, -0.15) is 0 Å². The van der Waals surface area contributed by atoms with Crippen LogP contribution >= 0.6 is 0 Å². The van der Waals surface area contributed by atoms with E-state index in [4.69, 9.17) is 14.2 Å². The molecular formula is C45H56N6O9. The molecule has 60 heavy (non-hydrogen) atoms. The minimum Gasteiger partial charge on any atom is -0.497 e. The van der Waals surface area contributed by atoms with Crippen molar-refractivity contribution in [3.05, 3.63) is 95.6 Å². The number of benzene rings is 3. The first-order valence-corrected chi connectivity index (χ1v) is 19.9. The second kappa shape index (κ2) is 19.1. The van der Waals surface area contributed by atoms with Crippen LogP contribution in [0.15, 0.2) is 78.9 Å². The van der Waals surface area contributed by atoms with Crippen LogP contribution in [0, 0.1) is 0 Å². The number of methoxy groups -OCH3 is 2. The minimum absolute atomic E-state index is 0.00545. The summed E-state index contributed by atoms with van der Waals surface area (Å²) in [4.78, 5) is 91.9. The number of carbonyl (C=O) groups is 6. The first kappa shape index (κ1) is 44.7. The highest BCUT2D eigenvalue weighted by Crippen LogP contribution is 2.34. The molecule has 0 spiro atoms. The molecule has 0 unspecified atom stereocenters. The van der Waals surface area contributed by atoms with E-state index >= 15 is 0 Å². The van der Waals surface area contributed by atoms with E-state index in [0.717, 1.165) is 0 Å². The molecule has 6 atom stereocenters. The molecule has 1 fully saturated rings. The molecule has 15 heteroatoms. The zero-order chi connectivity index (χ0) is 44.0. The number of nitrogens with zero attached hydrogens (tertiary/aromatic N) is 4. The SMILES string of the molecule is C=C(C)CN1C(=O)[C@@H](C)NC(=O)[C@@H]2Cc3ccc(OC)c(c3)Oc3ccc(cc3)C[C@@H](C(=O)N2C)N(C)C(=O)[C@H](C)NC(=O)[C@H](Cc2ccc(OC)cc2)N(C)C(=O)[C@@H]1C. The Balaban J connectivity index is 1.63. The van der Waals surface area contributed by atoms with Crippen molar-refractivity contribution in [3.8, 4) is 23.0 Å². The van der Waals surface area contributed by atoms with E-state index < -0.39 is 71.7 Å². The highest BCUT2D eigenvalue weighted by atomic mass is 16.5. The lowest BCUT2D eigenvalue weighted by atomic mass is 9.98. The first-order valence-electron chi connectivity index (χ1n) is 19.9. The van der Waals surface area contributed by atoms with E-state index in [-0.39, 0.29) is 25.8 Å². The molecule has 0 radical (unpaired) electrons. The Kier molecular flexibility index (Phi) is 14.3. The monoisotopic (exact) mass is 824 g/mol. The van der Waals surface area contributed by atoms with E-state index in [9.17, 15) is 28.8 Å². The predicted molar refractivity (Wildman–Crippen MR) is 224 cm³/mol. The van der Waals surface area contributed by atoms with Crippen LogP contribution in [0.25, 0.3) is 0 Å². The molecule has 1 saturated heterocycles. The van der Waals surface area contributed by atoms with Gasteiger partial charge >= 0.3 is 0 Å². The van der Waals surface area contributed by atoms with E-state index in [1.807, 2.05) is 0 Å². The number of ether oxygens (including phenoxy) is 3. The summed E-state index contributed by atoms with van der Waals surface area (Å²) < 4.78 is 17.1. The fourth-order valence-corrected chi connectivity index (χ4v) is 7.50. The van der Waals surface area contributed by atoms with Crippen molar-refractivity contribution in [2.75, 3.05) is 41.9 Å². The van der Waals surface area contributed by atoms with Gasteiger partial charge < -0.3 is 44.4 Å². The fourth-order valence-electron chi connectivity index (χ4n) is 7.50. The summed E-state index contributed by atoms with van der Waals surface area (Å²) in [7, 11) is 7.49. The van der Waals surface area contributed by atoms with Gasteiger partial charge in [0.2, 0.25) is 35.4 Å². The summed E-state index contributed by atoms with van der Waals surface area (Å²) in [5.41, 5.74) is 2.59. The Morgan fingerprint density at radius 1 is 0.700 bits per heavy atom. The number of likely N-dealkylation sites (N-methyl/N-ethyl adjacent to an activating group) is 3. The maximum Gasteiger partial charge on any atom is 0.246 e. The average molecular weight is 825 g/mol. The van der Waals surface area contributed by atoms with Gasteiger partial charge in [-0.25, -0.2) is 0 Å². The summed E-state index contributed by atoms with van der Waals surface area (Å²) >= 11 is 0. The van der Waals surface area contributed by atoms with E-state index in [0.29, 0.717) is 45.3 Å². The number of rotatable bonds is 6. The minimum atomic E-state index is -1.18. The molecule has 0 aromatic heterocycles. The number of nitrogens with one attached hydrogen (secondary N) is 2. The lowest BCUT2D eigenvalue weighted by Gasteiger charge is -2.38. The van der Waals surface area contributed by atoms with Crippen molar-refractivity contribution in [2.24, 2.45) is 0 Å². The van der Waals surface area contributed by atoms with E-state index in [2.05, 4.69) is 17.2 Å². The number of fused-ring (bicyclic) bond motifs is 2. The predicted octanol–water partition coefficient (Wildman–Crippen LogP) is 3.13. The third-order valence-electron chi connectivity index (χ3n) is 11.2. The molecule has 2 N–H and O–H groups in total. The zero-order valence-corrected chi connectivity index (χ0v) is 35.8. The highest BCUT2D eigenvalue weighted by Gasteiger charge is 2.40. The summed E-state index contributed by atoms with van der Waals surface area (Å²) in [6.07, 6.45) is 0.106. The van der Waals surface area contributed by atoms with Crippen molar-refractivity contribution < 1.29 is 43.0 Å². The van der Waals surface area contributed by atoms with Crippen LogP contribution in [-0.2, 0) is 48.0 Å². The van der Waals surface area contributed by atoms with Gasteiger partial charge in [-0.15, -0.1) is 0 Å². The van der Waals surface area contributed by atoms with Crippen LogP contribution in [0.5, 0.6) is 23.0 Å². The Morgan fingerprint density at radius 2 is 1.28 bits per heavy atom. The number of amides is 6. The number of carbonyl (C=O) groups excluding carboxylic acids is 6. The molecule has 0 saturated carbocycles. The van der Waals surface area contributed by atoms with Gasteiger partial charge in [0.15, 0.2) is 11.5 Å². The van der Waals surface area contributed by atoms with Crippen molar-refractivity contribution >= 4 is 35.4 Å². The van der Waals surface area contributed by atoms with Crippen LogP contribution in [0.1, 0.15) is 44.4 Å². The maximum absolute atomic E-state index is 14.8. The number of hydrogen-bond donors (Lipinski definition) is 2. The fraction of sp³-hybridized carbons (Fsp3) is 0.422. The molecule has 3 heterocycles. The molecule has 6 amide bonds. The highest BCUT2D eigenvalue weighted by molar-refractivity contribution is 5.98. The molecule has 6 rings (SSSR count). The van der Waals surface area contributed by atoms with E-state index in [1.165, 1.54) is 68.8 Å². The third-order valence-corrected chi connectivity index (χ3v) is 11.2. The standard InChI is InChI=1S/C45H56N6O9/c1-26(2)25-51-29(5)44(56)48(6)35(21-30-11-16-33(58-9)17-12-30)40(52)46-27(3)42(54)50(8)37-22-31-13-18-34(19-14-31)60-39-24-32(15-20-38(39)59-10)23-36(49(7)45(37)57)41(53)47-28(4)43(51)55/h11-20,24,27-29,35-37H,1,21-23,25H2,2-10H3,(H,46,52)(H,47,53)/t27-,28+,29-,35-,36-,37-/m0/s1. The molecule has 3 aromatic carbocycles. The molecule has 320 valence electrons. The van der Waals surface area contributed by atoms with Gasteiger partial charge in [0, 0.05) is 47.0 Å². The van der Waals surface area contributed by atoms with Gasteiger partial charge in [0.25, 0.3) is 0 Å². The first-order chi connectivity index (χ1) is 28.4. The van der Waals surface area contributed by atoms with Gasteiger partial charge in [0.05, 0.1) is 14.2 Å². The van der Waals surface area contributed by atoms with Crippen LogP contribution in [0.3, 0.4) is 0 Å². The van der Waals surface area contributed by atoms with Gasteiger partial charge in [0.1, 0.15) is 47.8 Å². The Morgan fingerprint density at radius 3 is 1.90 bits per heavy atom. The zero-order valence-electron chi connectivity index (χ0n) is 35.8. The quantitative estimate of drug-likeness (QED) is 0.355. The lowest BCUT2D eigenvalue weighted by Crippen LogP contribution is -2.62. The van der Waals surface area contributed by atoms with Gasteiger partial charge in [-0.1, -0.05) is 42.5 Å².